The number of amides is 1. The second kappa shape index (κ2) is 7.44. The second-order valence-corrected chi connectivity index (χ2v) is 5.32. The quantitative estimate of drug-likeness (QED) is 0.830. The molecule has 0 bridgehead atoms. The first-order valence-electron chi connectivity index (χ1n) is 6.07. The van der Waals surface area contributed by atoms with E-state index in [-0.39, 0.29) is 18.6 Å². The lowest BCUT2D eigenvalue weighted by Crippen LogP contribution is -2.38. The van der Waals surface area contributed by atoms with Crippen LogP contribution >= 0.6 is 11.8 Å². The van der Waals surface area contributed by atoms with Gasteiger partial charge in [-0.3, -0.25) is 4.79 Å². The van der Waals surface area contributed by atoms with E-state index >= 15 is 0 Å². The van der Waals surface area contributed by atoms with Gasteiger partial charge in [-0.2, -0.15) is 11.8 Å². The molecule has 4 heteroatoms. The molecule has 0 radical (unpaired) electrons. The lowest BCUT2D eigenvalue weighted by atomic mass is 10.0. The van der Waals surface area contributed by atoms with Crippen LogP contribution < -0.4 is 5.32 Å². The molecule has 2 N–H and O–H groups in total. The van der Waals surface area contributed by atoms with Gasteiger partial charge >= 0.3 is 0 Å². The van der Waals surface area contributed by atoms with Crippen LogP contribution in [0.3, 0.4) is 0 Å². The van der Waals surface area contributed by atoms with Gasteiger partial charge in [-0.25, -0.2) is 0 Å². The van der Waals surface area contributed by atoms with E-state index < -0.39 is 0 Å². The molecule has 0 heterocycles. The van der Waals surface area contributed by atoms with Gasteiger partial charge in [0.25, 0.3) is 5.91 Å². The number of aliphatic hydroxyl groups excluding tert-OH is 1. The SMILES string of the molecule is CSC[C@H](CCO)NC(=O)c1c(C)cccc1C. The van der Waals surface area contributed by atoms with Gasteiger partial charge < -0.3 is 10.4 Å². The summed E-state index contributed by atoms with van der Waals surface area (Å²) in [4.78, 5) is 12.2. The topological polar surface area (TPSA) is 49.3 Å². The summed E-state index contributed by atoms with van der Waals surface area (Å²) < 4.78 is 0. The van der Waals surface area contributed by atoms with E-state index in [0.717, 1.165) is 22.4 Å². The van der Waals surface area contributed by atoms with Gasteiger partial charge in [0.2, 0.25) is 0 Å². The maximum absolute atomic E-state index is 12.2. The average molecular weight is 267 g/mol. The van der Waals surface area contributed by atoms with E-state index in [2.05, 4.69) is 5.32 Å². The van der Waals surface area contributed by atoms with Crippen molar-refractivity contribution in [3.63, 3.8) is 0 Å². The van der Waals surface area contributed by atoms with Gasteiger partial charge in [-0.1, -0.05) is 18.2 Å². The van der Waals surface area contributed by atoms with Crippen molar-refractivity contribution in [1.82, 2.24) is 5.32 Å². The molecule has 0 spiro atoms. The fourth-order valence-electron chi connectivity index (χ4n) is 1.98. The Bertz CT molecular complexity index is 381. The highest BCUT2D eigenvalue weighted by atomic mass is 32.2. The minimum absolute atomic E-state index is 0.0245. The minimum atomic E-state index is -0.0434. The smallest absolute Gasteiger partial charge is 0.252 e. The van der Waals surface area contributed by atoms with Crippen LogP contribution in [0.5, 0.6) is 0 Å². The van der Waals surface area contributed by atoms with Crippen LogP contribution in [0, 0.1) is 13.8 Å². The summed E-state index contributed by atoms with van der Waals surface area (Å²) in [6, 6.07) is 5.86. The number of hydrogen-bond acceptors (Lipinski definition) is 3. The number of nitrogens with one attached hydrogen (secondary N) is 1. The van der Waals surface area contributed by atoms with Crippen LogP contribution in [0.25, 0.3) is 0 Å². The Hall–Kier alpha value is -1.00. The molecule has 0 unspecified atom stereocenters. The van der Waals surface area contributed by atoms with Gasteiger partial charge in [0.1, 0.15) is 0 Å². The molecule has 3 nitrogen and oxygen atoms in total. The molecular weight excluding hydrogens is 246 g/mol. The standard InChI is InChI=1S/C14H21NO2S/c1-10-5-4-6-11(2)13(10)14(17)15-12(7-8-16)9-18-3/h4-6,12,16H,7-9H2,1-3H3,(H,15,17)/t12-/m0/s1. The molecule has 1 aromatic carbocycles. The van der Waals surface area contributed by atoms with Crippen LogP contribution in [0.15, 0.2) is 18.2 Å². The number of carbonyl (C=O) groups excluding carboxylic acids is 1. The Kier molecular flexibility index (Phi) is 6.22. The number of thioether (sulfide) groups is 1. The van der Waals surface area contributed by atoms with Crippen molar-refractivity contribution in [1.29, 1.82) is 0 Å². The minimum Gasteiger partial charge on any atom is -0.396 e. The number of rotatable bonds is 6. The summed E-state index contributed by atoms with van der Waals surface area (Å²) in [5.41, 5.74) is 2.72. The summed E-state index contributed by atoms with van der Waals surface area (Å²) in [6.45, 7) is 3.98. The highest BCUT2D eigenvalue weighted by molar-refractivity contribution is 7.98. The second-order valence-electron chi connectivity index (χ2n) is 4.40. The first-order valence-corrected chi connectivity index (χ1v) is 7.46. The van der Waals surface area contributed by atoms with Crippen molar-refractivity contribution in [3.8, 4) is 0 Å². The van der Waals surface area contributed by atoms with E-state index in [1.807, 2.05) is 38.3 Å². The van der Waals surface area contributed by atoms with Crippen LogP contribution in [0.1, 0.15) is 27.9 Å². The van der Waals surface area contributed by atoms with Crippen molar-refractivity contribution in [2.75, 3.05) is 18.6 Å². The van der Waals surface area contributed by atoms with Crippen LogP contribution in [-0.2, 0) is 0 Å². The van der Waals surface area contributed by atoms with Gasteiger partial charge in [-0.05, 0) is 37.7 Å². The molecule has 0 saturated heterocycles. The molecule has 0 fully saturated rings. The predicted octanol–water partition coefficient (Wildman–Crippen LogP) is 2.15. The van der Waals surface area contributed by atoms with E-state index in [1.165, 1.54) is 0 Å². The highest BCUT2D eigenvalue weighted by Crippen LogP contribution is 2.14. The van der Waals surface area contributed by atoms with E-state index in [0.29, 0.717) is 6.42 Å². The van der Waals surface area contributed by atoms with Gasteiger partial charge in [-0.15, -0.1) is 0 Å². The van der Waals surface area contributed by atoms with Gasteiger partial charge in [0, 0.05) is 24.0 Å². The maximum atomic E-state index is 12.2. The predicted molar refractivity (Wildman–Crippen MR) is 77.3 cm³/mol. The van der Waals surface area contributed by atoms with E-state index in [4.69, 9.17) is 5.11 Å². The molecular formula is C14H21NO2S. The summed E-state index contributed by atoms with van der Waals surface area (Å²) in [5.74, 6) is 0.773. The molecule has 0 saturated carbocycles. The van der Waals surface area contributed by atoms with Crippen LogP contribution in [-0.4, -0.2) is 35.7 Å². The molecule has 0 aromatic heterocycles. The molecule has 0 aliphatic rings. The zero-order valence-corrected chi connectivity index (χ0v) is 12.0. The van der Waals surface area contributed by atoms with Gasteiger partial charge in [0.05, 0.1) is 0 Å². The lowest BCUT2D eigenvalue weighted by Gasteiger charge is -2.18. The molecule has 0 aliphatic carbocycles. The van der Waals surface area contributed by atoms with Crippen molar-refractivity contribution in [2.45, 2.75) is 26.3 Å². The molecule has 1 aromatic rings. The third kappa shape index (κ3) is 4.03. The van der Waals surface area contributed by atoms with E-state index in [1.54, 1.807) is 11.8 Å². The van der Waals surface area contributed by atoms with Crippen molar-refractivity contribution < 1.29 is 9.90 Å². The monoisotopic (exact) mass is 267 g/mol. The van der Waals surface area contributed by atoms with E-state index in [9.17, 15) is 4.79 Å². The number of aliphatic hydroxyl groups is 1. The Morgan fingerprint density at radius 1 is 1.39 bits per heavy atom. The number of carbonyl (C=O) groups is 1. The number of hydrogen-bond donors (Lipinski definition) is 2. The van der Waals surface area contributed by atoms with Crippen molar-refractivity contribution in [2.24, 2.45) is 0 Å². The fraction of sp³-hybridized carbons (Fsp3) is 0.500. The average Bonchev–Trinajstić information content (AvgIpc) is 2.29. The normalized spacial score (nSPS) is 12.2. The number of aryl methyl sites for hydroxylation is 2. The maximum Gasteiger partial charge on any atom is 0.252 e. The molecule has 1 rings (SSSR count). The Labute approximate surface area is 113 Å². The summed E-state index contributed by atoms with van der Waals surface area (Å²) in [6.07, 6.45) is 2.59. The highest BCUT2D eigenvalue weighted by Gasteiger charge is 2.16. The first kappa shape index (κ1) is 15.1. The van der Waals surface area contributed by atoms with Crippen molar-refractivity contribution in [3.05, 3.63) is 34.9 Å². The Balaban J connectivity index is 2.80. The molecule has 100 valence electrons. The first-order chi connectivity index (χ1) is 8.60. The molecule has 1 amide bonds. The third-order valence-corrected chi connectivity index (χ3v) is 3.62. The van der Waals surface area contributed by atoms with Gasteiger partial charge in [0.15, 0.2) is 0 Å². The largest absolute Gasteiger partial charge is 0.396 e. The summed E-state index contributed by atoms with van der Waals surface area (Å²) in [5, 5.41) is 12.0. The molecule has 0 aliphatic heterocycles. The van der Waals surface area contributed by atoms with Crippen molar-refractivity contribution >= 4 is 17.7 Å². The molecule has 18 heavy (non-hydrogen) atoms. The zero-order valence-electron chi connectivity index (χ0n) is 11.2. The van der Waals surface area contributed by atoms with Crippen LogP contribution in [0.2, 0.25) is 0 Å². The number of benzene rings is 1. The Morgan fingerprint density at radius 3 is 2.50 bits per heavy atom. The lowest BCUT2D eigenvalue weighted by molar-refractivity contribution is 0.0934. The van der Waals surface area contributed by atoms with Crippen LogP contribution in [0.4, 0.5) is 0 Å². The molecule has 1 atom stereocenters. The summed E-state index contributed by atoms with van der Waals surface area (Å²) in [7, 11) is 0. The Morgan fingerprint density at radius 2 is 2.00 bits per heavy atom. The zero-order chi connectivity index (χ0) is 13.5. The summed E-state index contributed by atoms with van der Waals surface area (Å²) >= 11 is 1.67. The fourth-order valence-corrected chi connectivity index (χ4v) is 2.64. The third-order valence-electron chi connectivity index (χ3n) is 2.89.